The highest BCUT2D eigenvalue weighted by molar-refractivity contribution is 5.78. The zero-order valence-corrected chi connectivity index (χ0v) is 9.05. The van der Waals surface area contributed by atoms with Crippen LogP contribution in [0.1, 0.15) is 40.0 Å². The van der Waals surface area contributed by atoms with Crippen molar-refractivity contribution in [2.45, 2.75) is 46.1 Å². The lowest BCUT2D eigenvalue weighted by molar-refractivity contribution is -0.121. The van der Waals surface area contributed by atoms with Crippen LogP contribution in [0.4, 0.5) is 0 Å². The number of hydrogen-bond donors (Lipinski definition) is 0. The maximum absolute atomic E-state index is 11.3. The van der Waals surface area contributed by atoms with Crippen LogP contribution in [-0.2, 0) is 4.79 Å². The third-order valence-corrected chi connectivity index (χ3v) is 2.76. The minimum atomic E-state index is 0.455. The summed E-state index contributed by atoms with van der Waals surface area (Å²) >= 11 is 0. The van der Waals surface area contributed by atoms with Crippen LogP contribution in [0, 0.1) is 5.92 Å². The van der Waals surface area contributed by atoms with E-state index < -0.39 is 0 Å². The maximum atomic E-state index is 11.3. The van der Waals surface area contributed by atoms with Crippen molar-refractivity contribution in [2.24, 2.45) is 5.92 Å². The van der Waals surface area contributed by atoms with Crippen LogP contribution in [0.2, 0.25) is 0 Å². The Kier molecular flexibility index (Phi) is 3.91. The molecule has 0 unspecified atom stereocenters. The summed E-state index contributed by atoms with van der Waals surface area (Å²) in [5.74, 6) is 1.11. The molecule has 13 heavy (non-hydrogen) atoms. The van der Waals surface area contributed by atoms with Crippen molar-refractivity contribution in [2.75, 3.05) is 13.1 Å². The molecule has 0 atom stereocenters. The second kappa shape index (κ2) is 4.75. The molecule has 0 aromatic carbocycles. The fourth-order valence-corrected chi connectivity index (χ4v) is 1.86. The Labute approximate surface area is 81.3 Å². The van der Waals surface area contributed by atoms with Crippen molar-refractivity contribution in [3.05, 3.63) is 0 Å². The van der Waals surface area contributed by atoms with Gasteiger partial charge in [-0.25, -0.2) is 0 Å². The van der Waals surface area contributed by atoms with Gasteiger partial charge >= 0.3 is 0 Å². The predicted octanol–water partition coefficient (Wildman–Crippen LogP) is 2.09. The van der Waals surface area contributed by atoms with Gasteiger partial charge in [-0.3, -0.25) is 4.79 Å². The summed E-state index contributed by atoms with van der Waals surface area (Å²) in [5, 5.41) is 0. The number of carbonyl (C=O) groups excluding carboxylic acids is 1. The molecule has 1 rings (SSSR count). The van der Waals surface area contributed by atoms with Crippen LogP contribution in [0.25, 0.3) is 0 Å². The van der Waals surface area contributed by atoms with E-state index in [0.29, 0.717) is 17.7 Å². The standard InChI is InChI=1S/C11H21NO/c1-4-5-11(13)6-10-7-12(8-10)9(2)3/h9-10H,4-8H2,1-3H3. The quantitative estimate of drug-likeness (QED) is 0.650. The SMILES string of the molecule is CCCC(=O)CC1CN(C(C)C)C1. The van der Waals surface area contributed by atoms with Crippen LogP contribution in [-0.4, -0.2) is 29.8 Å². The van der Waals surface area contributed by atoms with Gasteiger partial charge in [0.2, 0.25) is 0 Å². The van der Waals surface area contributed by atoms with Crippen molar-refractivity contribution >= 4 is 5.78 Å². The van der Waals surface area contributed by atoms with E-state index in [1.807, 2.05) is 0 Å². The second-order valence-corrected chi connectivity index (χ2v) is 4.41. The summed E-state index contributed by atoms with van der Waals surface area (Å²) in [4.78, 5) is 13.7. The summed E-state index contributed by atoms with van der Waals surface area (Å²) in [6.07, 6.45) is 2.59. The second-order valence-electron chi connectivity index (χ2n) is 4.41. The Hall–Kier alpha value is -0.370. The smallest absolute Gasteiger partial charge is 0.133 e. The normalized spacial score (nSPS) is 19.1. The molecule has 2 nitrogen and oxygen atoms in total. The first-order chi connectivity index (χ1) is 6.13. The maximum Gasteiger partial charge on any atom is 0.133 e. The van der Waals surface area contributed by atoms with Crippen LogP contribution in [0.3, 0.4) is 0 Å². The average molecular weight is 183 g/mol. The molecular weight excluding hydrogens is 162 g/mol. The Morgan fingerprint density at radius 1 is 1.46 bits per heavy atom. The molecule has 0 N–H and O–H groups in total. The van der Waals surface area contributed by atoms with Crippen molar-refractivity contribution in [1.29, 1.82) is 0 Å². The summed E-state index contributed by atoms with van der Waals surface area (Å²) in [6, 6.07) is 0.650. The Morgan fingerprint density at radius 2 is 2.08 bits per heavy atom. The highest BCUT2D eigenvalue weighted by atomic mass is 16.1. The van der Waals surface area contributed by atoms with Gasteiger partial charge in [0.15, 0.2) is 0 Å². The molecule has 0 aromatic rings. The van der Waals surface area contributed by atoms with E-state index >= 15 is 0 Å². The lowest BCUT2D eigenvalue weighted by atomic mass is 9.92. The van der Waals surface area contributed by atoms with Gasteiger partial charge in [0.05, 0.1) is 0 Å². The molecule has 1 saturated heterocycles. The molecule has 1 aliphatic rings. The van der Waals surface area contributed by atoms with Crippen molar-refractivity contribution in [3.63, 3.8) is 0 Å². The number of likely N-dealkylation sites (tertiary alicyclic amines) is 1. The van der Waals surface area contributed by atoms with Crippen LogP contribution < -0.4 is 0 Å². The van der Waals surface area contributed by atoms with Gasteiger partial charge in [-0.05, 0) is 26.2 Å². The molecule has 0 bridgehead atoms. The highest BCUT2D eigenvalue weighted by Gasteiger charge is 2.29. The van der Waals surface area contributed by atoms with Crippen LogP contribution >= 0.6 is 0 Å². The molecule has 0 saturated carbocycles. The van der Waals surface area contributed by atoms with Gasteiger partial charge in [-0.2, -0.15) is 0 Å². The van der Waals surface area contributed by atoms with E-state index in [2.05, 4.69) is 25.7 Å². The van der Waals surface area contributed by atoms with Gasteiger partial charge < -0.3 is 4.90 Å². The van der Waals surface area contributed by atoms with E-state index in [1.54, 1.807) is 0 Å². The number of ketones is 1. The molecule has 1 heterocycles. The molecule has 0 spiro atoms. The lowest BCUT2D eigenvalue weighted by Crippen LogP contribution is -2.50. The van der Waals surface area contributed by atoms with Gasteiger partial charge in [-0.15, -0.1) is 0 Å². The average Bonchev–Trinajstić information content (AvgIpc) is 1.95. The molecule has 0 aliphatic carbocycles. The number of hydrogen-bond acceptors (Lipinski definition) is 2. The van der Waals surface area contributed by atoms with E-state index in [-0.39, 0.29) is 0 Å². The summed E-state index contributed by atoms with van der Waals surface area (Å²) < 4.78 is 0. The van der Waals surface area contributed by atoms with Gasteiger partial charge in [0, 0.05) is 32.0 Å². The Bertz CT molecular complexity index is 171. The van der Waals surface area contributed by atoms with Gasteiger partial charge in [-0.1, -0.05) is 6.92 Å². The third-order valence-electron chi connectivity index (χ3n) is 2.76. The van der Waals surface area contributed by atoms with E-state index in [1.165, 1.54) is 0 Å². The fourth-order valence-electron chi connectivity index (χ4n) is 1.86. The highest BCUT2D eigenvalue weighted by Crippen LogP contribution is 2.22. The first-order valence-corrected chi connectivity index (χ1v) is 5.39. The summed E-state index contributed by atoms with van der Waals surface area (Å²) in [6.45, 7) is 8.76. The van der Waals surface area contributed by atoms with Gasteiger partial charge in [0.1, 0.15) is 5.78 Å². The zero-order chi connectivity index (χ0) is 9.84. The zero-order valence-electron chi connectivity index (χ0n) is 9.05. The Balaban J connectivity index is 2.11. The molecular formula is C11H21NO. The van der Waals surface area contributed by atoms with Crippen molar-refractivity contribution < 1.29 is 4.79 Å². The predicted molar refractivity (Wildman–Crippen MR) is 54.7 cm³/mol. The molecule has 0 aromatic heterocycles. The fraction of sp³-hybridized carbons (Fsp3) is 0.909. The number of rotatable bonds is 5. The number of Topliss-reactive ketones (excluding diaryl/α,β-unsaturated/α-hetero) is 1. The van der Waals surface area contributed by atoms with Crippen LogP contribution in [0.15, 0.2) is 0 Å². The van der Waals surface area contributed by atoms with Crippen LogP contribution in [0.5, 0.6) is 0 Å². The van der Waals surface area contributed by atoms with Gasteiger partial charge in [0.25, 0.3) is 0 Å². The first-order valence-electron chi connectivity index (χ1n) is 5.39. The molecule has 2 heteroatoms. The number of nitrogens with zero attached hydrogens (tertiary/aromatic N) is 1. The third kappa shape index (κ3) is 3.11. The van der Waals surface area contributed by atoms with E-state index in [0.717, 1.165) is 32.4 Å². The lowest BCUT2D eigenvalue weighted by Gasteiger charge is -2.41. The van der Waals surface area contributed by atoms with E-state index in [9.17, 15) is 4.79 Å². The largest absolute Gasteiger partial charge is 0.300 e. The summed E-state index contributed by atoms with van der Waals surface area (Å²) in [7, 11) is 0. The Morgan fingerprint density at radius 3 is 2.54 bits per heavy atom. The molecule has 1 fully saturated rings. The molecule has 0 radical (unpaired) electrons. The number of carbonyl (C=O) groups is 1. The summed E-state index contributed by atoms with van der Waals surface area (Å²) in [5.41, 5.74) is 0. The minimum Gasteiger partial charge on any atom is -0.300 e. The van der Waals surface area contributed by atoms with Crippen molar-refractivity contribution in [1.82, 2.24) is 4.90 Å². The van der Waals surface area contributed by atoms with Crippen molar-refractivity contribution in [3.8, 4) is 0 Å². The minimum absolute atomic E-state index is 0.455. The monoisotopic (exact) mass is 183 g/mol. The molecule has 0 amide bonds. The first kappa shape index (κ1) is 10.7. The topological polar surface area (TPSA) is 20.3 Å². The molecule has 76 valence electrons. The van der Waals surface area contributed by atoms with E-state index in [4.69, 9.17) is 0 Å². The molecule has 1 aliphatic heterocycles.